The van der Waals surface area contributed by atoms with Crippen LogP contribution in [0.2, 0.25) is 0 Å². The predicted molar refractivity (Wildman–Crippen MR) is 101 cm³/mol. The standard InChI is InChI=1S/C21H20N4/c1-4-16-9-11-17(12-10-16)25-21(23-15(3)24-25)19-13-22-20-8-6-5-7-18(20)14(19)2/h5-13H,4H2,1-3H3. The molecular formula is C21H20N4. The predicted octanol–water partition coefficient (Wildman–Crippen LogP) is 4.66. The van der Waals surface area contributed by atoms with Gasteiger partial charge in [0.25, 0.3) is 0 Å². The van der Waals surface area contributed by atoms with Crippen molar-refractivity contribution in [3.8, 4) is 17.1 Å². The quantitative estimate of drug-likeness (QED) is 0.549. The van der Waals surface area contributed by atoms with Crippen molar-refractivity contribution in [2.45, 2.75) is 27.2 Å². The van der Waals surface area contributed by atoms with E-state index in [2.05, 4.69) is 59.2 Å². The first-order chi connectivity index (χ1) is 12.2. The number of rotatable bonds is 3. The maximum atomic E-state index is 4.68. The molecule has 0 unspecified atom stereocenters. The fraction of sp³-hybridized carbons (Fsp3) is 0.190. The first-order valence-electron chi connectivity index (χ1n) is 8.55. The lowest BCUT2D eigenvalue weighted by Gasteiger charge is -2.10. The largest absolute Gasteiger partial charge is 0.255 e. The molecule has 0 bridgehead atoms. The van der Waals surface area contributed by atoms with Crippen molar-refractivity contribution < 1.29 is 0 Å². The van der Waals surface area contributed by atoms with Crippen LogP contribution in [0.25, 0.3) is 28.0 Å². The molecule has 0 fully saturated rings. The van der Waals surface area contributed by atoms with Gasteiger partial charge in [0.1, 0.15) is 5.82 Å². The van der Waals surface area contributed by atoms with Gasteiger partial charge in [0.2, 0.25) is 0 Å². The Balaban J connectivity index is 1.90. The molecule has 4 heteroatoms. The zero-order valence-corrected chi connectivity index (χ0v) is 14.7. The zero-order chi connectivity index (χ0) is 17.4. The first-order valence-corrected chi connectivity index (χ1v) is 8.55. The van der Waals surface area contributed by atoms with Crippen LogP contribution in [0.1, 0.15) is 23.9 Å². The highest BCUT2D eigenvalue weighted by atomic mass is 15.3. The van der Waals surface area contributed by atoms with Gasteiger partial charge in [-0.1, -0.05) is 37.3 Å². The second kappa shape index (κ2) is 6.13. The lowest BCUT2D eigenvalue weighted by molar-refractivity contribution is 0.867. The smallest absolute Gasteiger partial charge is 0.165 e. The molecule has 0 amide bonds. The lowest BCUT2D eigenvalue weighted by Crippen LogP contribution is -2.01. The topological polar surface area (TPSA) is 43.6 Å². The summed E-state index contributed by atoms with van der Waals surface area (Å²) in [4.78, 5) is 9.29. The first kappa shape index (κ1) is 15.5. The van der Waals surface area contributed by atoms with Crippen LogP contribution in [0.4, 0.5) is 0 Å². The molecule has 0 aliphatic rings. The van der Waals surface area contributed by atoms with Crippen LogP contribution < -0.4 is 0 Å². The van der Waals surface area contributed by atoms with E-state index in [4.69, 9.17) is 0 Å². The Morgan fingerprint density at radius 1 is 0.960 bits per heavy atom. The van der Waals surface area contributed by atoms with Gasteiger partial charge in [-0.25, -0.2) is 9.67 Å². The minimum Gasteiger partial charge on any atom is -0.255 e. The van der Waals surface area contributed by atoms with Gasteiger partial charge in [0.05, 0.1) is 11.2 Å². The molecule has 4 aromatic rings. The number of pyridine rings is 1. The fourth-order valence-corrected chi connectivity index (χ4v) is 3.15. The summed E-state index contributed by atoms with van der Waals surface area (Å²) in [5, 5.41) is 5.76. The Hall–Kier alpha value is -3.01. The Labute approximate surface area is 147 Å². The normalized spacial score (nSPS) is 11.2. The third kappa shape index (κ3) is 2.70. The molecule has 0 radical (unpaired) electrons. The molecular weight excluding hydrogens is 308 g/mol. The van der Waals surface area contributed by atoms with Crippen LogP contribution >= 0.6 is 0 Å². The Bertz CT molecular complexity index is 1050. The van der Waals surface area contributed by atoms with Crippen molar-refractivity contribution in [3.63, 3.8) is 0 Å². The van der Waals surface area contributed by atoms with Crippen molar-refractivity contribution >= 4 is 10.9 Å². The van der Waals surface area contributed by atoms with E-state index in [0.717, 1.165) is 40.2 Å². The monoisotopic (exact) mass is 328 g/mol. The fourth-order valence-electron chi connectivity index (χ4n) is 3.15. The van der Waals surface area contributed by atoms with Gasteiger partial charge in [-0.05, 0) is 49.6 Å². The van der Waals surface area contributed by atoms with Gasteiger partial charge in [-0.3, -0.25) is 4.98 Å². The van der Waals surface area contributed by atoms with Crippen LogP contribution in [0, 0.1) is 13.8 Å². The molecule has 2 heterocycles. The van der Waals surface area contributed by atoms with Crippen molar-refractivity contribution in [2.24, 2.45) is 0 Å². The van der Waals surface area contributed by atoms with Gasteiger partial charge < -0.3 is 0 Å². The van der Waals surface area contributed by atoms with E-state index in [1.165, 1.54) is 11.1 Å². The number of aromatic nitrogens is 4. The molecule has 0 saturated carbocycles. The van der Waals surface area contributed by atoms with E-state index in [0.29, 0.717) is 0 Å². The lowest BCUT2D eigenvalue weighted by atomic mass is 10.0. The van der Waals surface area contributed by atoms with E-state index in [9.17, 15) is 0 Å². The van der Waals surface area contributed by atoms with E-state index in [1.807, 2.05) is 36.0 Å². The summed E-state index contributed by atoms with van der Waals surface area (Å²) in [7, 11) is 0. The SMILES string of the molecule is CCc1ccc(-n2nc(C)nc2-c2cnc3ccccc3c2C)cc1. The number of benzene rings is 2. The minimum absolute atomic E-state index is 0.752. The third-order valence-electron chi connectivity index (χ3n) is 4.59. The van der Waals surface area contributed by atoms with Crippen LogP contribution in [-0.2, 0) is 6.42 Å². The maximum absolute atomic E-state index is 4.68. The highest BCUT2D eigenvalue weighted by molar-refractivity contribution is 5.87. The minimum atomic E-state index is 0.752. The number of hydrogen-bond donors (Lipinski definition) is 0. The molecule has 2 aromatic heterocycles. The molecule has 0 saturated heterocycles. The summed E-state index contributed by atoms with van der Waals surface area (Å²) in [5.74, 6) is 1.58. The number of aryl methyl sites for hydroxylation is 3. The average Bonchev–Trinajstić information content (AvgIpc) is 3.04. The highest BCUT2D eigenvalue weighted by Gasteiger charge is 2.15. The summed E-state index contributed by atoms with van der Waals surface area (Å²) in [6.07, 6.45) is 2.93. The maximum Gasteiger partial charge on any atom is 0.165 e. The second-order valence-electron chi connectivity index (χ2n) is 6.23. The van der Waals surface area contributed by atoms with Crippen molar-refractivity contribution in [1.29, 1.82) is 0 Å². The van der Waals surface area contributed by atoms with E-state index < -0.39 is 0 Å². The summed E-state index contributed by atoms with van der Waals surface area (Å²) >= 11 is 0. The molecule has 124 valence electrons. The van der Waals surface area contributed by atoms with E-state index >= 15 is 0 Å². The number of nitrogens with zero attached hydrogens (tertiary/aromatic N) is 4. The van der Waals surface area contributed by atoms with Crippen molar-refractivity contribution in [3.05, 3.63) is 71.7 Å². The second-order valence-corrected chi connectivity index (χ2v) is 6.23. The molecule has 0 aliphatic carbocycles. The summed E-state index contributed by atoms with van der Waals surface area (Å²) in [6, 6.07) is 16.7. The molecule has 4 nitrogen and oxygen atoms in total. The highest BCUT2D eigenvalue weighted by Crippen LogP contribution is 2.28. The summed E-state index contributed by atoms with van der Waals surface area (Å²) < 4.78 is 1.91. The van der Waals surface area contributed by atoms with E-state index in [1.54, 1.807) is 0 Å². The molecule has 0 spiro atoms. The Morgan fingerprint density at radius 2 is 1.72 bits per heavy atom. The van der Waals surface area contributed by atoms with Gasteiger partial charge in [-0.15, -0.1) is 0 Å². The van der Waals surface area contributed by atoms with Gasteiger partial charge >= 0.3 is 0 Å². The third-order valence-corrected chi connectivity index (χ3v) is 4.59. The molecule has 0 atom stereocenters. The van der Waals surface area contributed by atoms with Crippen LogP contribution in [-0.4, -0.2) is 19.7 Å². The Morgan fingerprint density at radius 3 is 2.48 bits per heavy atom. The molecule has 0 aliphatic heterocycles. The van der Waals surface area contributed by atoms with E-state index in [-0.39, 0.29) is 0 Å². The summed E-state index contributed by atoms with van der Waals surface area (Å²) in [6.45, 7) is 6.20. The molecule has 4 rings (SSSR count). The number of hydrogen-bond acceptors (Lipinski definition) is 3. The van der Waals surface area contributed by atoms with Gasteiger partial charge in [0.15, 0.2) is 5.82 Å². The zero-order valence-electron chi connectivity index (χ0n) is 14.7. The van der Waals surface area contributed by atoms with Gasteiger partial charge in [-0.2, -0.15) is 5.10 Å². The van der Waals surface area contributed by atoms with Crippen molar-refractivity contribution in [2.75, 3.05) is 0 Å². The summed E-state index contributed by atoms with van der Waals surface area (Å²) in [5.41, 5.74) is 5.51. The molecule has 25 heavy (non-hydrogen) atoms. The number of fused-ring (bicyclic) bond motifs is 1. The molecule has 2 aromatic carbocycles. The van der Waals surface area contributed by atoms with Crippen molar-refractivity contribution in [1.82, 2.24) is 19.7 Å². The van der Waals surface area contributed by atoms with Crippen LogP contribution in [0.3, 0.4) is 0 Å². The molecule has 0 N–H and O–H groups in total. The van der Waals surface area contributed by atoms with Crippen LogP contribution in [0.5, 0.6) is 0 Å². The number of para-hydroxylation sites is 1. The van der Waals surface area contributed by atoms with Crippen LogP contribution in [0.15, 0.2) is 54.7 Å². The Kier molecular flexibility index (Phi) is 3.80. The van der Waals surface area contributed by atoms with Gasteiger partial charge in [0, 0.05) is 17.1 Å². The average molecular weight is 328 g/mol.